The Morgan fingerprint density at radius 2 is 2.33 bits per heavy atom. The number of hydrogen-bond acceptors (Lipinski definition) is 3. The second-order valence-corrected chi connectivity index (χ2v) is 5.25. The molecule has 5 heteroatoms. The van der Waals surface area contributed by atoms with Gasteiger partial charge in [0, 0.05) is 12.3 Å². The number of amides is 1. The Morgan fingerprint density at radius 3 is 2.89 bits per heavy atom. The van der Waals surface area contributed by atoms with Crippen LogP contribution in [0.3, 0.4) is 0 Å². The van der Waals surface area contributed by atoms with Gasteiger partial charge in [-0.3, -0.25) is 4.79 Å². The lowest BCUT2D eigenvalue weighted by atomic mass is 9.94. The molecule has 98 valence electrons. The minimum Gasteiger partial charge on any atom is -0.398 e. The maximum Gasteiger partial charge on any atom is 0.255 e. The van der Waals surface area contributed by atoms with Gasteiger partial charge in [0.25, 0.3) is 5.91 Å². The first-order valence-corrected chi connectivity index (χ1v) is 6.30. The van der Waals surface area contributed by atoms with Crippen LogP contribution < -0.4 is 11.1 Å². The van der Waals surface area contributed by atoms with Crippen LogP contribution in [0.1, 0.15) is 30.6 Å². The quantitative estimate of drug-likeness (QED) is 0.809. The summed E-state index contributed by atoms with van der Waals surface area (Å²) < 4.78 is 5.49. The first-order valence-electron chi connectivity index (χ1n) is 5.92. The molecule has 0 saturated carbocycles. The molecule has 0 radical (unpaired) electrons. The Balaban J connectivity index is 2.23. The zero-order chi connectivity index (χ0) is 13.3. The monoisotopic (exact) mass is 268 g/mol. The second kappa shape index (κ2) is 4.78. The summed E-state index contributed by atoms with van der Waals surface area (Å²) in [5.41, 5.74) is 6.14. The van der Waals surface area contributed by atoms with Crippen molar-refractivity contribution in [2.24, 2.45) is 0 Å². The van der Waals surface area contributed by atoms with Crippen molar-refractivity contribution in [1.82, 2.24) is 5.32 Å². The van der Waals surface area contributed by atoms with Crippen molar-refractivity contribution in [3.63, 3.8) is 0 Å². The summed E-state index contributed by atoms with van der Waals surface area (Å²) in [5.74, 6) is -0.252. The molecule has 0 spiro atoms. The Hall–Kier alpha value is -1.26. The second-order valence-electron chi connectivity index (χ2n) is 4.84. The highest BCUT2D eigenvalue weighted by Crippen LogP contribution is 2.28. The third kappa shape index (κ3) is 2.31. The molecular weight excluding hydrogens is 252 g/mol. The van der Waals surface area contributed by atoms with E-state index in [0.717, 1.165) is 6.42 Å². The lowest BCUT2D eigenvalue weighted by Crippen LogP contribution is -2.50. The van der Waals surface area contributed by atoms with Gasteiger partial charge in [-0.2, -0.15) is 0 Å². The summed E-state index contributed by atoms with van der Waals surface area (Å²) in [7, 11) is 0. The van der Waals surface area contributed by atoms with E-state index >= 15 is 0 Å². The van der Waals surface area contributed by atoms with Crippen LogP contribution >= 0.6 is 11.6 Å². The van der Waals surface area contributed by atoms with E-state index in [1.54, 1.807) is 18.2 Å². The molecule has 0 aromatic heterocycles. The molecule has 0 bridgehead atoms. The van der Waals surface area contributed by atoms with Crippen LogP contribution in [0.4, 0.5) is 5.69 Å². The van der Waals surface area contributed by atoms with Crippen molar-refractivity contribution in [2.45, 2.75) is 31.9 Å². The normalized spacial score (nSPS) is 27.2. The fourth-order valence-corrected chi connectivity index (χ4v) is 2.37. The molecule has 1 aromatic carbocycles. The van der Waals surface area contributed by atoms with Gasteiger partial charge in [-0.15, -0.1) is 0 Å². The topological polar surface area (TPSA) is 64.3 Å². The van der Waals surface area contributed by atoms with Gasteiger partial charge in [0.1, 0.15) is 0 Å². The third-order valence-electron chi connectivity index (χ3n) is 3.56. The van der Waals surface area contributed by atoms with E-state index in [-0.39, 0.29) is 17.6 Å². The van der Waals surface area contributed by atoms with Gasteiger partial charge in [0.15, 0.2) is 0 Å². The van der Waals surface area contributed by atoms with Crippen molar-refractivity contribution in [3.05, 3.63) is 28.8 Å². The lowest BCUT2D eigenvalue weighted by Gasteiger charge is -2.29. The number of anilines is 1. The number of rotatable bonds is 2. The molecule has 1 aliphatic rings. The highest BCUT2D eigenvalue weighted by Gasteiger charge is 2.38. The first-order chi connectivity index (χ1) is 8.44. The standard InChI is InChI=1S/C13H17ClN2O2/c1-8-13(2,6-7-18-8)16-12(17)11-9(14)4-3-5-10(11)15/h3-5,8H,6-7,15H2,1-2H3,(H,16,17). The largest absolute Gasteiger partial charge is 0.398 e. The first kappa shape index (κ1) is 13.2. The highest BCUT2D eigenvalue weighted by atomic mass is 35.5. The predicted octanol–water partition coefficient (Wildman–Crippen LogP) is 2.22. The summed E-state index contributed by atoms with van der Waals surface area (Å²) in [6.45, 7) is 4.56. The summed E-state index contributed by atoms with van der Waals surface area (Å²) in [6, 6.07) is 5.04. The van der Waals surface area contributed by atoms with Gasteiger partial charge in [0.05, 0.1) is 22.2 Å². The van der Waals surface area contributed by atoms with Crippen molar-refractivity contribution >= 4 is 23.2 Å². The summed E-state index contributed by atoms with van der Waals surface area (Å²) >= 11 is 6.02. The van der Waals surface area contributed by atoms with E-state index in [2.05, 4.69) is 5.32 Å². The lowest BCUT2D eigenvalue weighted by molar-refractivity contribution is 0.0728. The number of halogens is 1. The molecule has 1 fully saturated rings. The van der Waals surface area contributed by atoms with Gasteiger partial charge < -0.3 is 15.8 Å². The van der Waals surface area contributed by atoms with Crippen LogP contribution in [0.5, 0.6) is 0 Å². The van der Waals surface area contributed by atoms with E-state index < -0.39 is 0 Å². The smallest absolute Gasteiger partial charge is 0.255 e. The van der Waals surface area contributed by atoms with Crippen molar-refractivity contribution in [1.29, 1.82) is 0 Å². The van der Waals surface area contributed by atoms with E-state index in [1.807, 2.05) is 13.8 Å². The van der Waals surface area contributed by atoms with Crippen LogP contribution in [0.2, 0.25) is 5.02 Å². The van der Waals surface area contributed by atoms with Crippen molar-refractivity contribution < 1.29 is 9.53 Å². The van der Waals surface area contributed by atoms with Gasteiger partial charge in [-0.05, 0) is 32.4 Å². The molecule has 2 unspecified atom stereocenters. The van der Waals surface area contributed by atoms with Gasteiger partial charge >= 0.3 is 0 Å². The Kier molecular flexibility index (Phi) is 3.50. The van der Waals surface area contributed by atoms with Crippen LogP contribution in [-0.2, 0) is 4.74 Å². The maximum absolute atomic E-state index is 12.3. The number of benzene rings is 1. The van der Waals surface area contributed by atoms with Gasteiger partial charge in [-0.1, -0.05) is 17.7 Å². The molecule has 18 heavy (non-hydrogen) atoms. The molecule has 1 heterocycles. The van der Waals surface area contributed by atoms with Crippen LogP contribution in [-0.4, -0.2) is 24.2 Å². The molecule has 4 nitrogen and oxygen atoms in total. The van der Waals surface area contributed by atoms with Crippen molar-refractivity contribution in [3.8, 4) is 0 Å². The number of ether oxygens (including phenoxy) is 1. The van der Waals surface area contributed by atoms with Gasteiger partial charge in [-0.25, -0.2) is 0 Å². The Morgan fingerprint density at radius 1 is 1.61 bits per heavy atom. The van der Waals surface area contributed by atoms with E-state index in [0.29, 0.717) is 22.9 Å². The number of carbonyl (C=O) groups excluding carboxylic acids is 1. The van der Waals surface area contributed by atoms with Crippen LogP contribution in [0.25, 0.3) is 0 Å². The van der Waals surface area contributed by atoms with E-state index in [4.69, 9.17) is 22.1 Å². The zero-order valence-electron chi connectivity index (χ0n) is 10.5. The molecule has 2 atom stereocenters. The molecule has 3 N–H and O–H groups in total. The number of carbonyl (C=O) groups is 1. The van der Waals surface area contributed by atoms with Crippen molar-refractivity contribution in [2.75, 3.05) is 12.3 Å². The zero-order valence-corrected chi connectivity index (χ0v) is 11.3. The average molecular weight is 269 g/mol. The number of hydrogen-bond donors (Lipinski definition) is 2. The maximum atomic E-state index is 12.3. The van der Waals surface area contributed by atoms with E-state index in [1.165, 1.54) is 0 Å². The molecule has 1 saturated heterocycles. The summed E-state index contributed by atoms with van der Waals surface area (Å²) in [4.78, 5) is 12.3. The fourth-order valence-electron chi connectivity index (χ4n) is 2.10. The average Bonchev–Trinajstić information content (AvgIpc) is 2.58. The fraction of sp³-hybridized carbons (Fsp3) is 0.462. The minimum atomic E-state index is -0.372. The van der Waals surface area contributed by atoms with E-state index in [9.17, 15) is 4.79 Å². The molecular formula is C13H17ClN2O2. The van der Waals surface area contributed by atoms with Gasteiger partial charge in [0.2, 0.25) is 0 Å². The Bertz CT molecular complexity index is 458. The molecule has 2 rings (SSSR count). The molecule has 0 aliphatic carbocycles. The Labute approximate surface area is 111 Å². The molecule has 1 aromatic rings. The highest BCUT2D eigenvalue weighted by molar-refractivity contribution is 6.34. The summed E-state index contributed by atoms with van der Waals surface area (Å²) in [6.07, 6.45) is 0.759. The molecule has 1 aliphatic heterocycles. The van der Waals surface area contributed by atoms with Crippen LogP contribution in [0.15, 0.2) is 18.2 Å². The summed E-state index contributed by atoms with van der Waals surface area (Å²) in [5, 5.41) is 3.34. The number of nitrogen functional groups attached to an aromatic ring is 1. The third-order valence-corrected chi connectivity index (χ3v) is 3.87. The predicted molar refractivity (Wildman–Crippen MR) is 71.8 cm³/mol. The number of nitrogens with two attached hydrogens (primary N) is 1. The minimum absolute atomic E-state index is 0.0230. The van der Waals surface area contributed by atoms with Crippen LogP contribution in [0, 0.1) is 0 Å². The molecule has 1 amide bonds. The SMILES string of the molecule is CC1OCCC1(C)NC(=O)c1c(N)cccc1Cl. The number of nitrogens with one attached hydrogen (secondary N) is 1.